The van der Waals surface area contributed by atoms with Gasteiger partial charge in [-0.2, -0.15) is 0 Å². The van der Waals surface area contributed by atoms with Crippen molar-refractivity contribution in [2.45, 2.75) is 45.8 Å². The number of carbonyl (C=O) groups is 3. The van der Waals surface area contributed by atoms with Gasteiger partial charge in [-0.25, -0.2) is 9.59 Å². The Labute approximate surface area is 181 Å². The quantitative estimate of drug-likeness (QED) is 0.533. The highest BCUT2D eigenvalue weighted by Crippen LogP contribution is 2.36. The first-order valence-electron chi connectivity index (χ1n) is 9.67. The summed E-state index contributed by atoms with van der Waals surface area (Å²) in [4.78, 5) is 35.8. The van der Waals surface area contributed by atoms with Crippen LogP contribution in [0.25, 0.3) is 11.1 Å². The van der Waals surface area contributed by atoms with Crippen LogP contribution in [0.15, 0.2) is 42.5 Å². The first-order valence-corrected chi connectivity index (χ1v) is 9.67. The number of alkyl carbamates (subject to hydrolysis) is 1. The number of rotatable bonds is 6. The van der Waals surface area contributed by atoms with Gasteiger partial charge in [-0.15, -0.1) is 0 Å². The Kier molecular flexibility index (Phi) is 7.63. The van der Waals surface area contributed by atoms with Crippen LogP contribution in [0, 0.1) is 0 Å². The van der Waals surface area contributed by atoms with Crippen molar-refractivity contribution < 1.29 is 33.7 Å². The van der Waals surface area contributed by atoms with Gasteiger partial charge in [0.2, 0.25) is 0 Å². The minimum Gasteiger partial charge on any atom is -0.507 e. The van der Waals surface area contributed by atoms with Crippen molar-refractivity contribution in [3.8, 4) is 22.6 Å². The predicted molar refractivity (Wildman–Crippen MR) is 114 cm³/mol. The number of phenols is 1. The van der Waals surface area contributed by atoms with Crippen LogP contribution < -0.4 is 10.1 Å². The molecule has 0 aromatic heterocycles. The number of esters is 2. The summed E-state index contributed by atoms with van der Waals surface area (Å²) in [5.41, 5.74) is 0.829. The maximum atomic E-state index is 12.2. The summed E-state index contributed by atoms with van der Waals surface area (Å²) in [5, 5.41) is 12.9. The molecule has 0 radical (unpaired) electrons. The van der Waals surface area contributed by atoms with Crippen molar-refractivity contribution in [2.24, 2.45) is 0 Å². The molecule has 1 atom stereocenters. The smallest absolute Gasteiger partial charge is 0.408 e. The standard InChI is InChI=1S/C23H27NO7/c1-14(25)30-20-9-7-6-8-16(20)17-12-15(10-11-19(17)26)13-18(21(27)29-5)24-22(28)31-23(2,3)4/h6-12,18,26H,13H2,1-5H3,(H,24,28)/t18-/m0/s1. The Bertz CT molecular complexity index is 963. The number of phenolic OH excluding ortho intramolecular Hbond substituents is 1. The lowest BCUT2D eigenvalue weighted by Gasteiger charge is -2.23. The maximum absolute atomic E-state index is 12.2. The summed E-state index contributed by atoms with van der Waals surface area (Å²) >= 11 is 0. The van der Waals surface area contributed by atoms with Crippen molar-refractivity contribution in [3.63, 3.8) is 0 Å². The van der Waals surface area contributed by atoms with Crippen LogP contribution >= 0.6 is 0 Å². The summed E-state index contributed by atoms with van der Waals surface area (Å²) < 4.78 is 15.3. The second-order valence-corrected chi connectivity index (χ2v) is 7.87. The normalized spacial score (nSPS) is 11.9. The fraction of sp³-hybridized carbons (Fsp3) is 0.348. The molecule has 166 valence electrons. The van der Waals surface area contributed by atoms with E-state index in [9.17, 15) is 19.5 Å². The van der Waals surface area contributed by atoms with Gasteiger partial charge >= 0.3 is 18.0 Å². The largest absolute Gasteiger partial charge is 0.507 e. The fourth-order valence-corrected chi connectivity index (χ4v) is 2.88. The first-order chi connectivity index (χ1) is 14.5. The molecule has 0 heterocycles. The number of ether oxygens (including phenoxy) is 3. The van der Waals surface area contributed by atoms with E-state index in [4.69, 9.17) is 14.2 Å². The molecule has 2 rings (SSSR count). The molecule has 0 spiro atoms. The summed E-state index contributed by atoms with van der Waals surface area (Å²) in [6, 6.07) is 10.5. The van der Waals surface area contributed by atoms with Gasteiger partial charge in [0, 0.05) is 24.5 Å². The van der Waals surface area contributed by atoms with Gasteiger partial charge in [-0.3, -0.25) is 4.79 Å². The molecule has 0 saturated heterocycles. The number of methoxy groups -OCH3 is 1. The molecule has 2 N–H and O–H groups in total. The number of hydrogen-bond acceptors (Lipinski definition) is 7. The molecule has 31 heavy (non-hydrogen) atoms. The summed E-state index contributed by atoms with van der Waals surface area (Å²) in [6.07, 6.45) is -0.656. The minimum absolute atomic E-state index is 0.0296. The highest BCUT2D eigenvalue weighted by atomic mass is 16.6. The monoisotopic (exact) mass is 429 g/mol. The van der Waals surface area contributed by atoms with E-state index >= 15 is 0 Å². The number of benzene rings is 2. The molecule has 1 amide bonds. The van der Waals surface area contributed by atoms with E-state index in [1.54, 1.807) is 57.2 Å². The number of hydrogen-bond donors (Lipinski definition) is 2. The number of aromatic hydroxyl groups is 1. The van der Waals surface area contributed by atoms with E-state index in [1.807, 2.05) is 0 Å². The molecule has 8 heteroatoms. The highest BCUT2D eigenvalue weighted by Gasteiger charge is 2.26. The van der Waals surface area contributed by atoms with Gasteiger partial charge in [0.1, 0.15) is 23.1 Å². The lowest BCUT2D eigenvalue weighted by Crippen LogP contribution is -2.45. The van der Waals surface area contributed by atoms with Crippen LogP contribution in [0.4, 0.5) is 4.79 Å². The van der Waals surface area contributed by atoms with Crippen LogP contribution in [0.3, 0.4) is 0 Å². The lowest BCUT2D eigenvalue weighted by atomic mass is 9.98. The Balaban J connectivity index is 2.34. The second kappa shape index (κ2) is 9.97. The molecular weight excluding hydrogens is 402 g/mol. The molecule has 2 aromatic carbocycles. The van der Waals surface area contributed by atoms with E-state index in [0.717, 1.165) is 0 Å². The zero-order valence-electron chi connectivity index (χ0n) is 18.2. The number of amides is 1. The zero-order valence-corrected chi connectivity index (χ0v) is 18.2. The van der Waals surface area contributed by atoms with Crippen LogP contribution in [0.2, 0.25) is 0 Å². The molecule has 0 fully saturated rings. The molecule has 0 aliphatic carbocycles. The third-order valence-corrected chi connectivity index (χ3v) is 4.11. The van der Waals surface area contributed by atoms with Crippen LogP contribution in [0.5, 0.6) is 11.5 Å². The van der Waals surface area contributed by atoms with Gasteiger partial charge in [0.25, 0.3) is 0 Å². The molecule has 2 aromatic rings. The van der Waals surface area contributed by atoms with E-state index in [2.05, 4.69) is 5.32 Å². The van der Waals surface area contributed by atoms with Crippen LogP contribution in [-0.4, -0.2) is 41.9 Å². The number of para-hydroxylation sites is 1. The lowest BCUT2D eigenvalue weighted by molar-refractivity contribution is -0.143. The Morgan fingerprint density at radius 3 is 2.35 bits per heavy atom. The number of nitrogens with one attached hydrogen (secondary N) is 1. The van der Waals surface area contributed by atoms with Crippen molar-refractivity contribution in [1.82, 2.24) is 5.32 Å². The van der Waals surface area contributed by atoms with Gasteiger partial charge in [-0.05, 0) is 44.5 Å². The molecular formula is C23H27NO7. The average Bonchev–Trinajstić information content (AvgIpc) is 2.67. The zero-order chi connectivity index (χ0) is 23.2. The Hall–Kier alpha value is -3.55. The van der Waals surface area contributed by atoms with Crippen LogP contribution in [-0.2, 0) is 25.5 Å². The summed E-state index contributed by atoms with van der Waals surface area (Å²) in [5.74, 6) is -0.867. The molecule has 0 bridgehead atoms. The van der Waals surface area contributed by atoms with E-state index in [-0.39, 0.29) is 12.2 Å². The second-order valence-electron chi connectivity index (χ2n) is 7.87. The van der Waals surface area contributed by atoms with E-state index < -0.39 is 29.7 Å². The number of carbonyl (C=O) groups excluding carboxylic acids is 3. The topological polar surface area (TPSA) is 111 Å². The average molecular weight is 429 g/mol. The highest BCUT2D eigenvalue weighted by molar-refractivity contribution is 5.82. The Morgan fingerprint density at radius 2 is 1.74 bits per heavy atom. The van der Waals surface area contributed by atoms with Crippen molar-refractivity contribution >= 4 is 18.0 Å². The van der Waals surface area contributed by atoms with E-state index in [1.165, 1.54) is 20.1 Å². The van der Waals surface area contributed by atoms with Crippen LogP contribution in [0.1, 0.15) is 33.3 Å². The fourth-order valence-electron chi connectivity index (χ4n) is 2.88. The third kappa shape index (κ3) is 7.02. The Morgan fingerprint density at radius 1 is 1.06 bits per heavy atom. The van der Waals surface area contributed by atoms with Crippen molar-refractivity contribution in [1.29, 1.82) is 0 Å². The molecule has 0 aliphatic rings. The SMILES string of the molecule is COC(=O)[C@H](Cc1ccc(O)c(-c2ccccc2OC(C)=O)c1)NC(=O)OC(C)(C)C. The predicted octanol–water partition coefficient (Wildman–Crippen LogP) is 3.59. The molecule has 0 unspecified atom stereocenters. The van der Waals surface area contributed by atoms with Gasteiger partial charge < -0.3 is 24.6 Å². The summed E-state index contributed by atoms with van der Waals surface area (Å²) in [7, 11) is 1.23. The first kappa shape index (κ1) is 23.7. The molecule has 0 aliphatic heterocycles. The van der Waals surface area contributed by atoms with E-state index in [0.29, 0.717) is 22.4 Å². The summed E-state index contributed by atoms with van der Waals surface area (Å²) in [6.45, 7) is 6.43. The maximum Gasteiger partial charge on any atom is 0.408 e. The molecule has 0 saturated carbocycles. The van der Waals surface area contributed by atoms with Crippen molar-refractivity contribution in [3.05, 3.63) is 48.0 Å². The third-order valence-electron chi connectivity index (χ3n) is 4.11. The van der Waals surface area contributed by atoms with Gasteiger partial charge in [0.15, 0.2) is 0 Å². The molecule has 8 nitrogen and oxygen atoms in total. The van der Waals surface area contributed by atoms with Gasteiger partial charge in [-0.1, -0.05) is 24.3 Å². The van der Waals surface area contributed by atoms with Gasteiger partial charge in [0.05, 0.1) is 7.11 Å². The van der Waals surface area contributed by atoms with Crippen molar-refractivity contribution in [2.75, 3.05) is 7.11 Å². The minimum atomic E-state index is -0.999.